The topological polar surface area (TPSA) is 110 Å². The van der Waals surface area contributed by atoms with E-state index in [9.17, 15) is 15.3 Å². The van der Waals surface area contributed by atoms with Crippen LogP contribution in [0.15, 0.2) is 59.2 Å². The number of halogens is 1. The van der Waals surface area contributed by atoms with Gasteiger partial charge in [0.1, 0.15) is 36.4 Å². The standard InChI is InChI=1S/C20H20BrN3O5/c21-14-5-1-12(2-6-14)13-3-7-16(8-4-13)28-10-15-9-24(23-22-15)20-19(27)18(26)17(25)11-29-20/h1-9,17-20,25-27H,10-11H2. The molecule has 0 spiro atoms. The molecule has 4 unspecified atom stereocenters. The molecule has 1 aliphatic heterocycles. The second kappa shape index (κ2) is 8.60. The fraction of sp³-hybridized carbons (Fsp3) is 0.300. The van der Waals surface area contributed by atoms with Crippen molar-refractivity contribution >= 4 is 15.9 Å². The van der Waals surface area contributed by atoms with E-state index in [1.807, 2.05) is 48.5 Å². The van der Waals surface area contributed by atoms with Crippen LogP contribution in [0.3, 0.4) is 0 Å². The van der Waals surface area contributed by atoms with E-state index in [1.54, 1.807) is 6.20 Å². The van der Waals surface area contributed by atoms with Crippen LogP contribution in [-0.4, -0.2) is 55.2 Å². The van der Waals surface area contributed by atoms with E-state index < -0.39 is 24.5 Å². The molecule has 9 heteroatoms. The van der Waals surface area contributed by atoms with Gasteiger partial charge >= 0.3 is 0 Å². The first-order chi connectivity index (χ1) is 14.0. The summed E-state index contributed by atoms with van der Waals surface area (Å²) in [5, 5.41) is 37.3. The number of aliphatic hydroxyl groups is 3. The number of nitrogens with zero attached hydrogens (tertiary/aromatic N) is 3. The van der Waals surface area contributed by atoms with Gasteiger partial charge in [-0.25, -0.2) is 4.68 Å². The van der Waals surface area contributed by atoms with E-state index in [1.165, 1.54) is 4.68 Å². The number of ether oxygens (including phenoxy) is 2. The summed E-state index contributed by atoms with van der Waals surface area (Å²) in [4.78, 5) is 0. The summed E-state index contributed by atoms with van der Waals surface area (Å²) in [7, 11) is 0. The minimum absolute atomic E-state index is 0.0979. The number of hydrogen-bond donors (Lipinski definition) is 3. The summed E-state index contributed by atoms with van der Waals surface area (Å²) >= 11 is 3.43. The van der Waals surface area contributed by atoms with Crippen molar-refractivity contribution in [2.45, 2.75) is 31.1 Å². The Labute approximate surface area is 175 Å². The van der Waals surface area contributed by atoms with E-state index in [0.717, 1.165) is 15.6 Å². The van der Waals surface area contributed by atoms with Crippen molar-refractivity contribution < 1.29 is 24.8 Å². The van der Waals surface area contributed by atoms with Gasteiger partial charge in [0.25, 0.3) is 0 Å². The molecule has 2 heterocycles. The predicted molar refractivity (Wildman–Crippen MR) is 107 cm³/mol. The highest BCUT2D eigenvalue weighted by Crippen LogP contribution is 2.25. The third kappa shape index (κ3) is 4.49. The molecule has 0 radical (unpaired) electrons. The first-order valence-electron chi connectivity index (χ1n) is 9.06. The van der Waals surface area contributed by atoms with Gasteiger partial charge in [-0.2, -0.15) is 0 Å². The zero-order valence-electron chi connectivity index (χ0n) is 15.3. The number of hydrogen-bond acceptors (Lipinski definition) is 7. The number of aliphatic hydroxyl groups excluding tert-OH is 3. The van der Waals surface area contributed by atoms with Crippen molar-refractivity contribution in [1.29, 1.82) is 0 Å². The lowest BCUT2D eigenvalue weighted by atomic mass is 10.0. The van der Waals surface area contributed by atoms with E-state index >= 15 is 0 Å². The van der Waals surface area contributed by atoms with E-state index in [0.29, 0.717) is 11.4 Å². The molecular formula is C20H20BrN3O5. The van der Waals surface area contributed by atoms with Gasteiger partial charge in [0, 0.05) is 4.47 Å². The molecule has 8 nitrogen and oxygen atoms in total. The fourth-order valence-electron chi connectivity index (χ4n) is 3.07. The summed E-state index contributed by atoms with van der Waals surface area (Å²) < 4.78 is 13.5. The highest BCUT2D eigenvalue weighted by atomic mass is 79.9. The first-order valence-corrected chi connectivity index (χ1v) is 9.86. The average Bonchev–Trinajstić information content (AvgIpc) is 3.20. The Hall–Kier alpha value is -2.30. The maximum atomic E-state index is 10.1. The Morgan fingerprint density at radius 1 is 1.00 bits per heavy atom. The molecule has 0 amide bonds. The Morgan fingerprint density at radius 2 is 1.66 bits per heavy atom. The molecule has 0 bridgehead atoms. The molecule has 1 fully saturated rings. The van der Waals surface area contributed by atoms with Crippen LogP contribution in [0.25, 0.3) is 11.1 Å². The summed E-state index contributed by atoms with van der Waals surface area (Å²) in [6.07, 6.45) is -3.08. The minimum atomic E-state index is -1.31. The summed E-state index contributed by atoms with van der Waals surface area (Å²) in [5.74, 6) is 0.688. The van der Waals surface area contributed by atoms with Crippen molar-refractivity contribution in [3.05, 3.63) is 64.9 Å². The molecule has 0 saturated carbocycles. The second-order valence-corrected chi connectivity index (χ2v) is 7.70. The third-order valence-electron chi connectivity index (χ3n) is 4.71. The molecule has 2 aromatic carbocycles. The van der Waals surface area contributed by atoms with Gasteiger partial charge in [0.2, 0.25) is 0 Å². The molecule has 1 saturated heterocycles. The smallest absolute Gasteiger partial charge is 0.180 e. The van der Waals surface area contributed by atoms with Crippen molar-refractivity contribution in [3.8, 4) is 16.9 Å². The van der Waals surface area contributed by atoms with E-state index in [4.69, 9.17) is 9.47 Å². The maximum absolute atomic E-state index is 10.1. The number of rotatable bonds is 5. The van der Waals surface area contributed by atoms with Crippen LogP contribution in [0.2, 0.25) is 0 Å². The van der Waals surface area contributed by atoms with Crippen LogP contribution in [0.5, 0.6) is 5.75 Å². The molecular weight excluding hydrogens is 442 g/mol. The van der Waals surface area contributed by atoms with Crippen molar-refractivity contribution in [2.75, 3.05) is 6.61 Å². The monoisotopic (exact) mass is 461 g/mol. The van der Waals surface area contributed by atoms with Gasteiger partial charge in [-0.1, -0.05) is 45.4 Å². The molecule has 29 heavy (non-hydrogen) atoms. The van der Waals surface area contributed by atoms with E-state index in [-0.39, 0.29) is 13.2 Å². The molecule has 152 valence electrons. The van der Waals surface area contributed by atoms with Crippen LogP contribution in [0.1, 0.15) is 11.9 Å². The van der Waals surface area contributed by atoms with Crippen molar-refractivity contribution in [3.63, 3.8) is 0 Å². The largest absolute Gasteiger partial charge is 0.487 e. The number of benzene rings is 2. The van der Waals surface area contributed by atoms with Crippen molar-refractivity contribution in [1.82, 2.24) is 15.0 Å². The van der Waals surface area contributed by atoms with Crippen LogP contribution in [0, 0.1) is 0 Å². The van der Waals surface area contributed by atoms with Crippen LogP contribution >= 0.6 is 15.9 Å². The minimum Gasteiger partial charge on any atom is -0.487 e. The molecule has 3 N–H and O–H groups in total. The SMILES string of the molecule is OC1COC(n2cc(COc3ccc(-c4ccc(Br)cc4)cc3)nn2)C(O)C1O. The van der Waals surface area contributed by atoms with E-state index in [2.05, 4.69) is 26.2 Å². The Morgan fingerprint density at radius 3 is 2.34 bits per heavy atom. The predicted octanol–water partition coefficient (Wildman–Crippen LogP) is 1.90. The second-order valence-electron chi connectivity index (χ2n) is 6.78. The van der Waals surface area contributed by atoms with Gasteiger partial charge in [0.05, 0.1) is 12.8 Å². The lowest BCUT2D eigenvalue weighted by molar-refractivity contribution is -0.214. The van der Waals surface area contributed by atoms with Gasteiger partial charge in [0.15, 0.2) is 6.23 Å². The van der Waals surface area contributed by atoms with Gasteiger partial charge in [-0.15, -0.1) is 5.10 Å². The Balaban J connectivity index is 1.37. The van der Waals surface area contributed by atoms with Crippen molar-refractivity contribution in [2.24, 2.45) is 0 Å². The van der Waals surface area contributed by atoms with Gasteiger partial charge in [-0.05, 0) is 35.4 Å². The molecule has 3 aromatic rings. The lowest BCUT2D eigenvalue weighted by Crippen LogP contribution is -2.50. The van der Waals surface area contributed by atoms with Crippen LogP contribution in [-0.2, 0) is 11.3 Å². The highest BCUT2D eigenvalue weighted by molar-refractivity contribution is 9.10. The highest BCUT2D eigenvalue weighted by Gasteiger charge is 2.39. The van der Waals surface area contributed by atoms with Crippen LogP contribution < -0.4 is 4.74 Å². The Kier molecular flexibility index (Phi) is 5.93. The molecule has 0 aliphatic carbocycles. The first kappa shape index (κ1) is 20.0. The summed E-state index contributed by atoms with van der Waals surface area (Å²) in [6, 6.07) is 15.8. The molecule has 4 rings (SSSR count). The quantitative estimate of drug-likeness (QED) is 0.532. The van der Waals surface area contributed by atoms with Gasteiger partial charge in [-0.3, -0.25) is 0 Å². The lowest BCUT2D eigenvalue weighted by Gasteiger charge is -2.34. The average molecular weight is 462 g/mol. The normalized spacial score (nSPS) is 24.4. The summed E-state index contributed by atoms with van der Waals surface area (Å²) in [6.45, 7) is 0.0882. The zero-order valence-corrected chi connectivity index (χ0v) is 16.9. The zero-order chi connectivity index (χ0) is 20.4. The number of aromatic nitrogens is 3. The maximum Gasteiger partial charge on any atom is 0.180 e. The fourth-order valence-corrected chi connectivity index (χ4v) is 3.33. The molecule has 1 aliphatic rings. The molecule has 4 atom stereocenters. The summed E-state index contributed by atoms with van der Waals surface area (Å²) in [5.41, 5.74) is 2.74. The Bertz CT molecular complexity index is 948. The van der Waals surface area contributed by atoms with Gasteiger partial charge < -0.3 is 24.8 Å². The third-order valence-corrected chi connectivity index (χ3v) is 5.24. The molecule has 1 aromatic heterocycles. The van der Waals surface area contributed by atoms with Crippen LogP contribution in [0.4, 0.5) is 0 Å².